The van der Waals surface area contributed by atoms with Crippen LogP contribution in [0.15, 0.2) is 34.2 Å². The van der Waals surface area contributed by atoms with Gasteiger partial charge in [0.25, 0.3) is 5.91 Å². The molecule has 1 saturated heterocycles. The molecule has 0 atom stereocenters. The minimum Gasteiger partial charge on any atom is -0.349 e. The Balaban J connectivity index is 1.72. The summed E-state index contributed by atoms with van der Waals surface area (Å²) < 4.78 is 0. The summed E-state index contributed by atoms with van der Waals surface area (Å²) in [5.41, 5.74) is 2.50. The van der Waals surface area contributed by atoms with Gasteiger partial charge in [-0.2, -0.15) is 16.8 Å². The minimum absolute atomic E-state index is 0.108. The number of nitrogens with zero attached hydrogens (tertiary/aromatic N) is 2. The third kappa shape index (κ3) is 4.01. The molecule has 0 spiro atoms. The molecule has 23 heavy (non-hydrogen) atoms. The van der Waals surface area contributed by atoms with E-state index in [2.05, 4.69) is 54.9 Å². The van der Waals surface area contributed by atoms with Crippen LogP contribution in [0.4, 0.5) is 0 Å². The molecule has 2 aliphatic rings. The highest BCUT2D eigenvalue weighted by molar-refractivity contribution is 8.18. The molecule has 0 aromatic heterocycles. The maximum atomic E-state index is 12.1. The largest absolute Gasteiger partial charge is 0.349 e. The SMILES string of the molecule is CC(C)(C)c1ccc(C=C2SC(N3CCSCC3)=NC2=O)cc1. The highest BCUT2D eigenvalue weighted by atomic mass is 32.2. The number of thioether (sulfide) groups is 2. The normalized spacial score (nSPS) is 21.0. The molecule has 0 saturated carbocycles. The van der Waals surface area contributed by atoms with Gasteiger partial charge >= 0.3 is 0 Å². The van der Waals surface area contributed by atoms with Gasteiger partial charge in [-0.3, -0.25) is 4.79 Å². The van der Waals surface area contributed by atoms with Crippen molar-refractivity contribution in [3.8, 4) is 0 Å². The topological polar surface area (TPSA) is 32.7 Å². The fraction of sp³-hybridized carbons (Fsp3) is 0.444. The van der Waals surface area contributed by atoms with Crippen molar-refractivity contribution in [1.82, 2.24) is 4.90 Å². The smallest absolute Gasteiger partial charge is 0.286 e. The molecule has 5 heteroatoms. The first kappa shape index (κ1) is 16.7. The molecule has 1 fully saturated rings. The van der Waals surface area contributed by atoms with Crippen LogP contribution in [-0.2, 0) is 10.2 Å². The third-order valence-corrected chi connectivity index (χ3v) is 5.95. The molecule has 1 amide bonds. The fourth-order valence-corrected chi connectivity index (χ4v) is 4.39. The standard InChI is InChI=1S/C18H22N2OS2/c1-18(2,3)14-6-4-13(5-7-14)12-15-16(21)19-17(23-15)20-8-10-22-11-9-20/h4-7,12H,8-11H2,1-3H3. The Morgan fingerprint density at radius 2 is 1.78 bits per heavy atom. The Morgan fingerprint density at radius 3 is 2.39 bits per heavy atom. The number of hydrogen-bond acceptors (Lipinski definition) is 4. The van der Waals surface area contributed by atoms with Crippen LogP contribution in [0.2, 0.25) is 0 Å². The molecular weight excluding hydrogens is 324 g/mol. The molecule has 0 bridgehead atoms. The van der Waals surface area contributed by atoms with Crippen LogP contribution < -0.4 is 0 Å². The summed E-state index contributed by atoms with van der Waals surface area (Å²) in [5, 5.41) is 0.868. The summed E-state index contributed by atoms with van der Waals surface area (Å²) in [6.07, 6.45) is 1.95. The molecule has 1 aromatic rings. The lowest BCUT2D eigenvalue weighted by molar-refractivity contribution is -0.113. The molecule has 1 aromatic carbocycles. The van der Waals surface area contributed by atoms with Crippen molar-refractivity contribution in [3.05, 3.63) is 40.3 Å². The van der Waals surface area contributed by atoms with Crippen LogP contribution in [0.3, 0.4) is 0 Å². The second-order valence-electron chi connectivity index (χ2n) is 6.78. The number of aliphatic imine (C=N–C) groups is 1. The van der Waals surface area contributed by atoms with E-state index in [0.29, 0.717) is 0 Å². The van der Waals surface area contributed by atoms with E-state index in [4.69, 9.17) is 0 Å². The number of rotatable bonds is 1. The zero-order chi connectivity index (χ0) is 16.4. The van der Waals surface area contributed by atoms with E-state index in [9.17, 15) is 4.79 Å². The first-order chi connectivity index (χ1) is 10.9. The maximum absolute atomic E-state index is 12.1. The molecule has 0 N–H and O–H groups in total. The lowest BCUT2D eigenvalue weighted by Gasteiger charge is -2.26. The number of benzene rings is 1. The molecule has 3 rings (SSSR count). The van der Waals surface area contributed by atoms with Crippen LogP contribution in [0.25, 0.3) is 6.08 Å². The Bertz CT molecular complexity index is 651. The summed E-state index contributed by atoms with van der Waals surface area (Å²) in [4.78, 5) is 19.3. The fourth-order valence-electron chi connectivity index (χ4n) is 2.52. The van der Waals surface area contributed by atoms with Gasteiger partial charge in [-0.15, -0.1) is 0 Å². The average Bonchev–Trinajstić information content (AvgIpc) is 2.89. The van der Waals surface area contributed by atoms with Crippen molar-refractivity contribution in [2.45, 2.75) is 26.2 Å². The third-order valence-electron chi connectivity index (χ3n) is 3.97. The van der Waals surface area contributed by atoms with Crippen LogP contribution in [0.1, 0.15) is 31.9 Å². The molecule has 0 aliphatic carbocycles. The van der Waals surface area contributed by atoms with Crippen LogP contribution >= 0.6 is 23.5 Å². The lowest BCUT2D eigenvalue weighted by Crippen LogP contribution is -2.35. The highest BCUT2D eigenvalue weighted by Gasteiger charge is 2.27. The first-order valence-corrected chi connectivity index (χ1v) is 9.86. The monoisotopic (exact) mass is 346 g/mol. The van der Waals surface area contributed by atoms with Gasteiger partial charge in [0.15, 0.2) is 5.17 Å². The summed E-state index contributed by atoms with van der Waals surface area (Å²) in [6, 6.07) is 8.44. The average molecular weight is 347 g/mol. The van der Waals surface area contributed by atoms with E-state index in [-0.39, 0.29) is 11.3 Å². The minimum atomic E-state index is -0.108. The number of amides is 1. The molecule has 0 radical (unpaired) electrons. The van der Waals surface area contributed by atoms with Gasteiger partial charge in [-0.25, -0.2) is 0 Å². The van der Waals surface area contributed by atoms with E-state index >= 15 is 0 Å². The van der Waals surface area contributed by atoms with Crippen molar-refractivity contribution >= 4 is 40.7 Å². The Morgan fingerprint density at radius 1 is 1.13 bits per heavy atom. The van der Waals surface area contributed by atoms with Crippen LogP contribution in [0, 0.1) is 0 Å². The van der Waals surface area contributed by atoms with Gasteiger partial charge in [-0.05, 0) is 34.4 Å². The van der Waals surface area contributed by atoms with Gasteiger partial charge in [0.2, 0.25) is 0 Å². The second kappa shape index (κ2) is 6.73. The molecule has 2 heterocycles. The van der Waals surface area contributed by atoms with Gasteiger partial charge in [0, 0.05) is 24.6 Å². The molecule has 2 aliphatic heterocycles. The number of carbonyl (C=O) groups excluding carboxylic acids is 1. The van der Waals surface area contributed by atoms with E-state index in [1.54, 1.807) is 0 Å². The summed E-state index contributed by atoms with van der Waals surface area (Å²) in [5.74, 6) is 2.12. The van der Waals surface area contributed by atoms with E-state index in [0.717, 1.165) is 40.2 Å². The number of hydrogen-bond donors (Lipinski definition) is 0. The first-order valence-electron chi connectivity index (χ1n) is 7.89. The van der Waals surface area contributed by atoms with Gasteiger partial charge < -0.3 is 4.90 Å². The Kier molecular flexibility index (Phi) is 4.87. The van der Waals surface area contributed by atoms with Crippen molar-refractivity contribution in [1.29, 1.82) is 0 Å². The van der Waals surface area contributed by atoms with E-state index in [1.807, 2.05) is 17.8 Å². The van der Waals surface area contributed by atoms with Crippen LogP contribution in [-0.4, -0.2) is 40.6 Å². The second-order valence-corrected chi connectivity index (χ2v) is 9.02. The van der Waals surface area contributed by atoms with E-state index < -0.39 is 0 Å². The van der Waals surface area contributed by atoms with Crippen molar-refractivity contribution in [3.63, 3.8) is 0 Å². The Hall–Kier alpha value is -1.20. The predicted molar refractivity (Wildman–Crippen MR) is 102 cm³/mol. The summed E-state index contributed by atoms with van der Waals surface area (Å²) in [7, 11) is 0. The van der Waals surface area contributed by atoms with Gasteiger partial charge in [0.1, 0.15) is 0 Å². The zero-order valence-corrected chi connectivity index (χ0v) is 15.5. The lowest BCUT2D eigenvalue weighted by atomic mass is 9.87. The number of amidine groups is 1. The molecular formula is C18H22N2OS2. The van der Waals surface area contributed by atoms with Gasteiger partial charge in [0.05, 0.1) is 4.91 Å². The summed E-state index contributed by atoms with van der Waals surface area (Å²) in [6.45, 7) is 8.57. The molecule has 122 valence electrons. The van der Waals surface area contributed by atoms with Crippen molar-refractivity contribution < 1.29 is 4.79 Å². The number of carbonyl (C=O) groups is 1. The zero-order valence-electron chi connectivity index (χ0n) is 13.8. The molecule has 3 nitrogen and oxygen atoms in total. The quantitative estimate of drug-likeness (QED) is 0.720. The van der Waals surface area contributed by atoms with E-state index in [1.165, 1.54) is 17.3 Å². The van der Waals surface area contributed by atoms with Crippen LogP contribution in [0.5, 0.6) is 0 Å². The summed E-state index contributed by atoms with van der Waals surface area (Å²) >= 11 is 3.47. The van der Waals surface area contributed by atoms with Gasteiger partial charge in [-0.1, -0.05) is 45.0 Å². The maximum Gasteiger partial charge on any atom is 0.286 e. The van der Waals surface area contributed by atoms with Crippen molar-refractivity contribution in [2.24, 2.45) is 4.99 Å². The predicted octanol–water partition coefficient (Wildman–Crippen LogP) is 4.00. The molecule has 0 unspecified atom stereocenters. The Labute approximate surface area is 146 Å². The van der Waals surface area contributed by atoms with Crippen molar-refractivity contribution in [2.75, 3.05) is 24.6 Å². The highest BCUT2D eigenvalue weighted by Crippen LogP contribution is 2.31.